The number of para-hydroxylation sites is 1. The second-order valence-corrected chi connectivity index (χ2v) is 7.24. The molecule has 134 valence electrons. The Hall–Kier alpha value is -2.73. The van der Waals surface area contributed by atoms with Gasteiger partial charge in [-0.2, -0.15) is 0 Å². The zero-order valence-corrected chi connectivity index (χ0v) is 15.8. The summed E-state index contributed by atoms with van der Waals surface area (Å²) in [4.78, 5) is 28.5. The number of carbonyl (C=O) groups is 2. The van der Waals surface area contributed by atoms with E-state index in [0.717, 1.165) is 34.3 Å². The zero-order valence-electron chi connectivity index (χ0n) is 15.0. The van der Waals surface area contributed by atoms with Crippen molar-refractivity contribution < 1.29 is 9.59 Å². The molecule has 1 heterocycles. The van der Waals surface area contributed by atoms with Crippen LogP contribution in [0.25, 0.3) is 6.08 Å². The van der Waals surface area contributed by atoms with E-state index in [-0.39, 0.29) is 17.8 Å². The lowest BCUT2D eigenvalue weighted by molar-refractivity contribution is -0.122. The molecule has 3 rings (SSSR count). The topological polar surface area (TPSA) is 52.7 Å². The molecule has 0 aromatic heterocycles. The maximum absolute atomic E-state index is 12.6. The van der Waals surface area contributed by atoms with Gasteiger partial charge < -0.3 is 10.2 Å². The second-order valence-electron chi connectivity index (χ2n) is 6.25. The van der Waals surface area contributed by atoms with Crippen LogP contribution < -0.4 is 10.2 Å². The van der Waals surface area contributed by atoms with Gasteiger partial charge in [-0.3, -0.25) is 14.5 Å². The maximum Gasteiger partial charge on any atom is 0.295 e. The van der Waals surface area contributed by atoms with Gasteiger partial charge in [-0.25, -0.2) is 0 Å². The molecule has 1 aliphatic heterocycles. The molecule has 0 saturated carbocycles. The molecule has 1 fully saturated rings. The Balaban J connectivity index is 1.71. The van der Waals surface area contributed by atoms with Crippen LogP contribution in [0.15, 0.2) is 53.4 Å². The lowest BCUT2D eigenvalue weighted by Crippen LogP contribution is -2.33. The Morgan fingerprint density at radius 1 is 1.08 bits per heavy atom. The minimum Gasteiger partial charge on any atom is -0.378 e. The summed E-state index contributed by atoms with van der Waals surface area (Å²) in [5.41, 5.74) is 3.96. The average Bonchev–Trinajstić information content (AvgIpc) is 2.88. The molecule has 5 nitrogen and oxygen atoms in total. The van der Waals surface area contributed by atoms with Crippen molar-refractivity contribution in [2.75, 3.05) is 31.0 Å². The Bertz CT molecular complexity index is 860. The van der Waals surface area contributed by atoms with Gasteiger partial charge in [0.25, 0.3) is 11.1 Å². The summed E-state index contributed by atoms with van der Waals surface area (Å²) in [7, 11) is 3.95. The van der Waals surface area contributed by atoms with Crippen LogP contribution in [0.3, 0.4) is 0 Å². The number of nitrogens with one attached hydrogen (secondary N) is 1. The molecule has 0 aliphatic carbocycles. The van der Waals surface area contributed by atoms with Gasteiger partial charge in [-0.15, -0.1) is 0 Å². The summed E-state index contributed by atoms with van der Waals surface area (Å²) in [5.74, 6) is -0.266. The first-order valence-electron chi connectivity index (χ1n) is 8.28. The average molecular weight is 367 g/mol. The minimum absolute atomic E-state index is 0.159. The molecule has 6 heteroatoms. The van der Waals surface area contributed by atoms with Crippen molar-refractivity contribution >= 4 is 40.4 Å². The minimum atomic E-state index is -0.266. The molecule has 1 N–H and O–H groups in total. The third-order valence-electron chi connectivity index (χ3n) is 4.15. The number of thioether (sulfide) groups is 1. The third kappa shape index (κ3) is 3.91. The first kappa shape index (κ1) is 18.1. The lowest BCUT2D eigenvalue weighted by atomic mass is 10.2. The summed E-state index contributed by atoms with van der Waals surface area (Å²) in [6, 6.07) is 15.6. The molecule has 2 amide bonds. The van der Waals surface area contributed by atoms with E-state index < -0.39 is 0 Å². The first-order chi connectivity index (χ1) is 12.5. The normalized spacial score (nSPS) is 15.7. The summed E-state index contributed by atoms with van der Waals surface area (Å²) in [6.07, 6.45) is 1.76. The number of anilines is 2. The van der Waals surface area contributed by atoms with Gasteiger partial charge in [0.1, 0.15) is 0 Å². The number of imide groups is 1. The fraction of sp³-hybridized carbons (Fsp3) is 0.200. The van der Waals surface area contributed by atoms with Gasteiger partial charge in [0.2, 0.25) is 0 Å². The number of rotatable bonds is 5. The van der Waals surface area contributed by atoms with Crippen molar-refractivity contribution in [3.05, 3.63) is 64.6 Å². The monoisotopic (exact) mass is 367 g/mol. The van der Waals surface area contributed by atoms with E-state index in [9.17, 15) is 9.59 Å². The Morgan fingerprint density at radius 2 is 1.77 bits per heavy atom. The van der Waals surface area contributed by atoms with Crippen molar-refractivity contribution in [1.82, 2.24) is 4.90 Å². The summed E-state index contributed by atoms with van der Waals surface area (Å²) >= 11 is 0.975. The molecule has 26 heavy (non-hydrogen) atoms. The number of aryl methyl sites for hydroxylation is 1. The Labute approximate surface area is 157 Å². The van der Waals surface area contributed by atoms with Crippen LogP contribution >= 0.6 is 11.8 Å². The van der Waals surface area contributed by atoms with E-state index in [2.05, 4.69) is 5.32 Å². The number of nitrogens with zero attached hydrogens (tertiary/aromatic N) is 2. The van der Waals surface area contributed by atoms with Crippen molar-refractivity contribution in [3.63, 3.8) is 0 Å². The van der Waals surface area contributed by atoms with Crippen LogP contribution in [0.4, 0.5) is 16.2 Å². The number of hydrogen-bond acceptors (Lipinski definition) is 5. The van der Waals surface area contributed by atoms with Crippen LogP contribution in [-0.2, 0) is 4.79 Å². The zero-order chi connectivity index (χ0) is 18.7. The number of hydrogen-bond donors (Lipinski definition) is 1. The molecule has 2 aromatic carbocycles. The van der Waals surface area contributed by atoms with E-state index >= 15 is 0 Å². The van der Waals surface area contributed by atoms with Crippen molar-refractivity contribution in [1.29, 1.82) is 0 Å². The fourth-order valence-electron chi connectivity index (χ4n) is 2.59. The molecular weight excluding hydrogens is 346 g/mol. The first-order valence-corrected chi connectivity index (χ1v) is 9.09. The quantitative estimate of drug-likeness (QED) is 0.804. The highest BCUT2D eigenvalue weighted by atomic mass is 32.2. The van der Waals surface area contributed by atoms with Crippen LogP contribution in [-0.4, -0.2) is 36.8 Å². The van der Waals surface area contributed by atoms with Crippen molar-refractivity contribution in [2.24, 2.45) is 0 Å². The summed E-state index contributed by atoms with van der Waals surface area (Å²) in [6.45, 7) is 2.14. The van der Waals surface area contributed by atoms with Crippen molar-refractivity contribution in [3.8, 4) is 0 Å². The smallest absolute Gasteiger partial charge is 0.295 e. The van der Waals surface area contributed by atoms with Gasteiger partial charge in [0.15, 0.2) is 0 Å². The van der Waals surface area contributed by atoms with Crippen LogP contribution in [0.2, 0.25) is 0 Å². The number of amides is 2. The van der Waals surface area contributed by atoms with E-state index in [1.165, 1.54) is 4.90 Å². The SMILES string of the molecule is Cc1ccccc1NCN1C(=O)S/C(=C/c2ccc(N(C)C)cc2)C1=O. The van der Waals surface area contributed by atoms with Gasteiger partial charge >= 0.3 is 0 Å². The van der Waals surface area contributed by atoms with E-state index in [0.29, 0.717) is 4.91 Å². The molecule has 0 radical (unpaired) electrons. The van der Waals surface area contributed by atoms with Crippen LogP contribution in [0.5, 0.6) is 0 Å². The standard InChI is InChI=1S/C20H21N3O2S/c1-14-6-4-5-7-17(14)21-13-23-19(24)18(26-20(23)25)12-15-8-10-16(11-9-15)22(2)3/h4-12,21H,13H2,1-3H3/b18-12+. The molecule has 0 bridgehead atoms. The van der Waals surface area contributed by atoms with E-state index in [1.54, 1.807) is 6.08 Å². The molecule has 1 aliphatic rings. The number of benzene rings is 2. The van der Waals surface area contributed by atoms with Gasteiger partial charge in [0.05, 0.1) is 11.6 Å². The maximum atomic E-state index is 12.6. The van der Waals surface area contributed by atoms with E-state index in [4.69, 9.17) is 0 Å². The van der Waals surface area contributed by atoms with Crippen molar-refractivity contribution in [2.45, 2.75) is 6.92 Å². The second kappa shape index (κ2) is 7.66. The van der Waals surface area contributed by atoms with Crippen LogP contribution in [0, 0.1) is 6.92 Å². The molecular formula is C20H21N3O2S. The fourth-order valence-corrected chi connectivity index (χ4v) is 3.43. The molecule has 0 unspecified atom stereocenters. The molecule has 0 spiro atoms. The third-order valence-corrected chi connectivity index (χ3v) is 5.06. The van der Waals surface area contributed by atoms with Gasteiger partial charge in [-0.05, 0) is 54.1 Å². The number of carbonyl (C=O) groups excluding carboxylic acids is 2. The lowest BCUT2D eigenvalue weighted by Gasteiger charge is -2.15. The highest BCUT2D eigenvalue weighted by molar-refractivity contribution is 8.18. The summed E-state index contributed by atoms with van der Waals surface area (Å²) in [5, 5.41) is 2.90. The molecule has 1 saturated heterocycles. The van der Waals surface area contributed by atoms with Crippen LogP contribution in [0.1, 0.15) is 11.1 Å². The predicted molar refractivity (Wildman–Crippen MR) is 108 cm³/mol. The molecule has 0 atom stereocenters. The van der Waals surface area contributed by atoms with E-state index in [1.807, 2.05) is 74.4 Å². The van der Waals surface area contributed by atoms with Gasteiger partial charge in [-0.1, -0.05) is 30.3 Å². The molecule has 2 aromatic rings. The largest absolute Gasteiger partial charge is 0.378 e. The Kier molecular flexibility index (Phi) is 5.32. The highest BCUT2D eigenvalue weighted by Gasteiger charge is 2.34. The summed E-state index contributed by atoms with van der Waals surface area (Å²) < 4.78 is 0. The predicted octanol–water partition coefficient (Wildman–Crippen LogP) is 4.17. The van der Waals surface area contributed by atoms with Gasteiger partial charge in [0, 0.05) is 25.5 Å². The Morgan fingerprint density at radius 3 is 2.42 bits per heavy atom. The highest BCUT2D eigenvalue weighted by Crippen LogP contribution is 2.32.